The van der Waals surface area contributed by atoms with Crippen LogP contribution in [0.1, 0.15) is 25.0 Å². The molecule has 2 aromatic heterocycles. The van der Waals surface area contributed by atoms with Crippen LogP contribution in [-0.2, 0) is 5.41 Å². The zero-order valence-corrected chi connectivity index (χ0v) is 30.1. The summed E-state index contributed by atoms with van der Waals surface area (Å²) in [5, 5.41) is 5.81. The van der Waals surface area contributed by atoms with Gasteiger partial charge in [-0.05, 0) is 91.7 Å². The van der Waals surface area contributed by atoms with Crippen molar-refractivity contribution in [2.75, 3.05) is 0 Å². The van der Waals surface area contributed by atoms with Gasteiger partial charge < -0.3 is 0 Å². The summed E-state index contributed by atoms with van der Waals surface area (Å²) in [4.78, 5) is 11.1. The lowest BCUT2D eigenvalue weighted by Gasteiger charge is -2.22. The van der Waals surface area contributed by atoms with Crippen LogP contribution in [0.5, 0.6) is 0 Å². The number of aromatic nitrogens is 3. The third kappa shape index (κ3) is 4.55. The van der Waals surface area contributed by atoms with Crippen LogP contribution in [0.4, 0.5) is 0 Å². The standard InChI is InChI=1S/C51H35N3/c1-51(2)44-23-13-11-21-37(44)38-26-25-36(28-45(38)51)49-43-30-40(32-15-5-3-6-16-32)41(33-17-7-4-8-18-33)31-46(43)52-50(53-49)54-47-24-14-12-22-39(47)42-27-34-19-9-10-20-35(34)29-48(42)54/h3-31H,1-2H3. The van der Waals surface area contributed by atoms with Crippen molar-refractivity contribution in [3.05, 3.63) is 187 Å². The molecule has 0 aliphatic heterocycles. The molecule has 54 heavy (non-hydrogen) atoms. The largest absolute Gasteiger partial charge is 0.278 e. The highest BCUT2D eigenvalue weighted by atomic mass is 15.2. The Bertz CT molecular complexity index is 3120. The molecule has 3 nitrogen and oxygen atoms in total. The zero-order valence-electron chi connectivity index (χ0n) is 30.1. The van der Waals surface area contributed by atoms with Gasteiger partial charge in [-0.3, -0.25) is 4.57 Å². The third-order valence-electron chi connectivity index (χ3n) is 11.6. The topological polar surface area (TPSA) is 30.7 Å². The molecule has 8 aromatic carbocycles. The second kappa shape index (κ2) is 11.6. The fourth-order valence-corrected chi connectivity index (χ4v) is 8.92. The molecule has 0 fully saturated rings. The first-order valence-corrected chi connectivity index (χ1v) is 18.7. The molecule has 254 valence electrons. The molecular weight excluding hydrogens is 655 g/mol. The first-order chi connectivity index (χ1) is 26.5. The van der Waals surface area contributed by atoms with Crippen LogP contribution < -0.4 is 0 Å². The van der Waals surface area contributed by atoms with Crippen molar-refractivity contribution >= 4 is 43.5 Å². The van der Waals surface area contributed by atoms with E-state index in [9.17, 15) is 0 Å². The van der Waals surface area contributed by atoms with Gasteiger partial charge in [0.15, 0.2) is 0 Å². The van der Waals surface area contributed by atoms with Gasteiger partial charge in [-0.2, -0.15) is 0 Å². The monoisotopic (exact) mass is 689 g/mol. The number of hydrogen-bond acceptors (Lipinski definition) is 2. The molecule has 0 radical (unpaired) electrons. The van der Waals surface area contributed by atoms with Gasteiger partial charge in [-0.25, -0.2) is 9.97 Å². The van der Waals surface area contributed by atoms with E-state index in [1.807, 2.05) is 0 Å². The first-order valence-electron chi connectivity index (χ1n) is 18.7. The van der Waals surface area contributed by atoms with Crippen molar-refractivity contribution in [1.82, 2.24) is 14.5 Å². The normalized spacial score (nSPS) is 13.1. The molecule has 0 saturated carbocycles. The number of fused-ring (bicyclic) bond motifs is 8. The number of nitrogens with zero attached hydrogens (tertiary/aromatic N) is 3. The predicted octanol–water partition coefficient (Wildman–Crippen LogP) is 13.2. The second-order valence-electron chi connectivity index (χ2n) is 15.0. The van der Waals surface area contributed by atoms with E-state index in [1.165, 1.54) is 43.8 Å². The summed E-state index contributed by atoms with van der Waals surface area (Å²) in [6.45, 7) is 4.68. The van der Waals surface area contributed by atoms with Gasteiger partial charge in [0.2, 0.25) is 5.95 Å². The van der Waals surface area contributed by atoms with Gasteiger partial charge in [0.05, 0.1) is 22.2 Å². The smallest absolute Gasteiger partial charge is 0.235 e. The molecule has 1 aliphatic carbocycles. The highest BCUT2D eigenvalue weighted by Gasteiger charge is 2.35. The van der Waals surface area contributed by atoms with Crippen LogP contribution in [0.15, 0.2) is 176 Å². The van der Waals surface area contributed by atoms with Crippen molar-refractivity contribution in [2.45, 2.75) is 19.3 Å². The van der Waals surface area contributed by atoms with Crippen molar-refractivity contribution in [3.8, 4) is 50.6 Å². The van der Waals surface area contributed by atoms with E-state index in [1.54, 1.807) is 0 Å². The lowest BCUT2D eigenvalue weighted by molar-refractivity contribution is 0.660. The minimum Gasteiger partial charge on any atom is -0.278 e. The minimum absolute atomic E-state index is 0.142. The van der Waals surface area contributed by atoms with Crippen molar-refractivity contribution in [3.63, 3.8) is 0 Å². The van der Waals surface area contributed by atoms with Crippen LogP contribution in [0.2, 0.25) is 0 Å². The molecule has 0 saturated heterocycles. The average Bonchev–Trinajstić information content (AvgIpc) is 3.67. The maximum atomic E-state index is 5.61. The molecule has 0 amide bonds. The number of rotatable bonds is 4. The van der Waals surface area contributed by atoms with E-state index in [2.05, 4.69) is 194 Å². The highest BCUT2D eigenvalue weighted by molar-refractivity contribution is 6.13. The fraction of sp³-hybridized carbons (Fsp3) is 0.0588. The zero-order chi connectivity index (χ0) is 36.0. The molecule has 0 bridgehead atoms. The Labute approximate surface area is 313 Å². The summed E-state index contributed by atoms with van der Waals surface area (Å²) < 4.78 is 2.26. The molecular formula is C51H35N3. The van der Waals surface area contributed by atoms with E-state index < -0.39 is 0 Å². The molecule has 0 unspecified atom stereocenters. The fourth-order valence-electron chi connectivity index (χ4n) is 8.92. The van der Waals surface area contributed by atoms with Crippen LogP contribution in [0, 0.1) is 0 Å². The maximum Gasteiger partial charge on any atom is 0.235 e. The first kappa shape index (κ1) is 30.8. The number of hydrogen-bond donors (Lipinski definition) is 0. The van der Waals surface area contributed by atoms with Gasteiger partial charge in [-0.15, -0.1) is 0 Å². The Hall–Kier alpha value is -6.84. The minimum atomic E-state index is -0.142. The van der Waals surface area contributed by atoms with E-state index in [0.717, 1.165) is 55.4 Å². The molecule has 1 aliphatic rings. The van der Waals surface area contributed by atoms with Gasteiger partial charge in [0.1, 0.15) is 0 Å². The van der Waals surface area contributed by atoms with Crippen LogP contribution in [0.3, 0.4) is 0 Å². The molecule has 10 aromatic rings. The highest BCUT2D eigenvalue weighted by Crippen LogP contribution is 2.50. The van der Waals surface area contributed by atoms with Gasteiger partial charge in [-0.1, -0.05) is 153 Å². The molecule has 0 N–H and O–H groups in total. The summed E-state index contributed by atoms with van der Waals surface area (Å²) in [7, 11) is 0. The Balaban J connectivity index is 1.25. The molecule has 2 heterocycles. The summed E-state index contributed by atoms with van der Waals surface area (Å²) in [5.41, 5.74) is 14.9. The van der Waals surface area contributed by atoms with E-state index >= 15 is 0 Å². The predicted molar refractivity (Wildman–Crippen MR) is 225 cm³/mol. The lowest BCUT2D eigenvalue weighted by Crippen LogP contribution is -2.15. The summed E-state index contributed by atoms with van der Waals surface area (Å²) in [5.74, 6) is 0.661. The van der Waals surface area contributed by atoms with Crippen molar-refractivity contribution < 1.29 is 0 Å². The SMILES string of the molecule is CC1(C)c2ccccc2-c2ccc(-c3nc(-n4c5ccccc5c5cc6ccccc6cc54)nc4cc(-c5ccccc5)c(-c5ccccc5)cc34)cc21. The van der Waals surface area contributed by atoms with E-state index in [4.69, 9.17) is 9.97 Å². The Morgan fingerprint density at radius 3 is 1.81 bits per heavy atom. The molecule has 3 heteroatoms. The molecule has 0 spiro atoms. The van der Waals surface area contributed by atoms with Gasteiger partial charge >= 0.3 is 0 Å². The second-order valence-corrected chi connectivity index (χ2v) is 15.0. The van der Waals surface area contributed by atoms with Crippen LogP contribution in [-0.4, -0.2) is 14.5 Å². The number of para-hydroxylation sites is 1. The van der Waals surface area contributed by atoms with Crippen LogP contribution >= 0.6 is 0 Å². The van der Waals surface area contributed by atoms with Gasteiger partial charge in [0, 0.05) is 27.1 Å². The molecule has 11 rings (SSSR count). The van der Waals surface area contributed by atoms with Crippen molar-refractivity contribution in [1.29, 1.82) is 0 Å². The Morgan fingerprint density at radius 1 is 0.407 bits per heavy atom. The summed E-state index contributed by atoms with van der Waals surface area (Å²) in [6.07, 6.45) is 0. The quantitative estimate of drug-likeness (QED) is 0.184. The molecule has 0 atom stereocenters. The maximum absolute atomic E-state index is 5.61. The summed E-state index contributed by atoms with van der Waals surface area (Å²) in [6, 6.07) is 63.6. The average molecular weight is 690 g/mol. The Kier molecular flexibility index (Phi) is 6.60. The Morgan fingerprint density at radius 2 is 1.04 bits per heavy atom. The van der Waals surface area contributed by atoms with E-state index in [-0.39, 0.29) is 5.41 Å². The number of benzene rings is 8. The van der Waals surface area contributed by atoms with Crippen molar-refractivity contribution in [2.24, 2.45) is 0 Å². The van der Waals surface area contributed by atoms with Gasteiger partial charge in [0.25, 0.3) is 0 Å². The van der Waals surface area contributed by atoms with Crippen LogP contribution in [0.25, 0.3) is 94.1 Å². The third-order valence-corrected chi connectivity index (χ3v) is 11.6. The van der Waals surface area contributed by atoms with E-state index in [0.29, 0.717) is 5.95 Å². The summed E-state index contributed by atoms with van der Waals surface area (Å²) >= 11 is 0. The lowest BCUT2D eigenvalue weighted by atomic mass is 9.81.